The van der Waals surface area contributed by atoms with Gasteiger partial charge in [0.2, 0.25) is 0 Å². The van der Waals surface area contributed by atoms with Gasteiger partial charge in [-0.15, -0.1) is 0 Å². The molecule has 0 amide bonds. The molecular formula is C22H43N5O. The Balaban J connectivity index is 1.60. The van der Waals surface area contributed by atoms with Crippen molar-refractivity contribution in [2.24, 2.45) is 16.8 Å². The number of rotatable bonds is 5. The van der Waals surface area contributed by atoms with Gasteiger partial charge in [0, 0.05) is 57.4 Å². The highest BCUT2D eigenvalue weighted by Crippen LogP contribution is 2.27. The molecule has 3 aliphatic heterocycles. The lowest BCUT2D eigenvalue weighted by Crippen LogP contribution is -2.53. The molecule has 1 N–H and O–H groups in total. The van der Waals surface area contributed by atoms with E-state index in [4.69, 9.17) is 9.73 Å². The third-order valence-electron chi connectivity index (χ3n) is 6.70. The summed E-state index contributed by atoms with van der Waals surface area (Å²) in [6, 6.07) is 0.643. The Morgan fingerprint density at radius 1 is 1.07 bits per heavy atom. The minimum Gasteiger partial charge on any atom is -0.379 e. The van der Waals surface area contributed by atoms with Crippen molar-refractivity contribution in [2.75, 3.05) is 65.6 Å². The molecule has 0 bridgehead atoms. The van der Waals surface area contributed by atoms with Gasteiger partial charge in [0.15, 0.2) is 5.96 Å². The second kappa shape index (κ2) is 9.77. The van der Waals surface area contributed by atoms with Gasteiger partial charge in [-0.25, -0.2) is 0 Å². The fourth-order valence-electron chi connectivity index (χ4n) is 5.13. The summed E-state index contributed by atoms with van der Waals surface area (Å²) in [6.45, 7) is 22.0. The predicted molar refractivity (Wildman–Crippen MR) is 117 cm³/mol. The quantitative estimate of drug-likeness (QED) is 0.572. The van der Waals surface area contributed by atoms with Crippen LogP contribution in [0.4, 0.5) is 0 Å². The molecule has 0 aromatic rings. The number of nitrogens with zero attached hydrogens (tertiary/aromatic N) is 4. The molecule has 0 aromatic heterocycles. The largest absolute Gasteiger partial charge is 0.379 e. The van der Waals surface area contributed by atoms with E-state index in [0.717, 1.165) is 70.3 Å². The maximum atomic E-state index is 5.52. The van der Waals surface area contributed by atoms with E-state index in [0.29, 0.717) is 6.04 Å². The molecule has 3 unspecified atom stereocenters. The lowest BCUT2D eigenvalue weighted by atomic mass is 9.88. The van der Waals surface area contributed by atoms with E-state index in [1.807, 2.05) is 0 Å². The first kappa shape index (κ1) is 21.8. The van der Waals surface area contributed by atoms with Gasteiger partial charge in [-0.05, 0) is 45.4 Å². The van der Waals surface area contributed by atoms with Gasteiger partial charge < -0.3 is 15.0 Å². The number of hydrogen-bond donors (Lipinski definition) is 1. The van der Waals surface area contributed by atoms with Crippen molar-refractivity contribution in [2.45, 2.75) is 59.0 Å². The zero-order valence-corrected chi connectivity index (χ0v) is 18.9. The Hall–Kier alpha value is -0.850. The maximum Gasteiger partial charge on any atom is 0.194 e. The summed E-state index contributed by atoms with van der Waals surface area (Å²) in [5.74, 6) is 2.67. The molecule has 0 radical (unpaired) electrons. The Bertz CT molecular complexity index is 507. The highest BCUT2D eigenvalue weighted by Gasteiger charge is 2.34. The fourth-order valence-corrected chi connectivity index (χ4v) is 5.13. The van der Waals surface area contributed by atoms with Crippen molar-refractivity contribution in [3.8, 4) is 0 Å². The number of hydrogen-bond acceptors (Lipinski definition) is 4. The number of ether oxygens (including phenoxy) is 1. The van der Waals surface area contributed by atoms with Crippen LogP contribution in [0, 0.1) is 11.8 Å². The summed E-state index contributed by atoms with van der Waals surface area (Å²) in [5, 5.41) is 3.56. The molecule has 0 aliphatic carbocycles. The molecule has 3 rings (SSSR count). The minimum atomic E-state index is 0.104. The van der Waals surface area contributed by atoms with E-state index in [9.17, 15) is 0 Å². The van der Waals surface area contributed by atoms with Crippen LogP contribution in [0.1, 0.15) is 47.5 Å². The normalized spacial score (nSPS) is 31.4. The van der Waals surface area contributed by atoms with Crippen molar-refractivity contribution in [1.29, 1.82) is 0 Å². The highest BCUT2D eigenvalue weighted by molar-refractivity contribution is 5.80. The summed E-state index contributed by atoms with van der Waals surface area (Å²) in [5.41, 5.74) is 0.104. The van der Waals surface area contributed by atoms with E-state index < -0.39 is 0 Å². The number of nitrogens with one attached hydrogen (secondary N) is 1. The van der Waals surface area contributed by atoms with Crippen molar-refractivity contribution < 1.29 is 4.74 Å². The molecule has 3 aliphatic rings. The molecule has 3 atom stereocenters. The molecule has 6 heteroatoms. The number of likely N-dealkylation sites (tertiary alicyclic amines) is 2. The van der Waals surface area contributed by atoms with Crippen molar-refractivity contribution in [3.63, 3.8) is 0 Å². The van der Waals surface area contributed by atoms with Gasteiger partial charge >= 0.3 is 0 Å². The number of aliphatic imine (C=N–C) groups is 1. The molecule has 3 saturated heterocycles. The van der Waals surface area contributed by atoms with Gasteiger partial charge in [0.05, 0.1) is 19.8 Å². The first-order valence-electron chi connectivity index (χ1n) is 11.5. The number of piperidine rings is 1. The third-order valence-corrected chi connectivity index (χ3v) is 6.70. The summed E-state index contributed by atoms with van der Waals surface area (Å²) in [4.78, 5) is 12.9. The van der Waals surface area contributed by atoms with Crippen molar-refractivity contribution in [1.82, 2.24) is 20.0 Å². The molecule has 6 nitrogen and oxygen atoms in total. The Kier molecular flexibility index (Phi) is 7.62. The monoisotopic (exact) mass is 393 g/mol. The van der Waals surface area contributed by atoms with Crippen LogP contribution in [0.5, 0.6) is 0 Å². The molecule has 0 spiro atoms. The van der Waals surface area contributed by atoms with Crippen molar-refractivity contribution >= 4 is 5.96 Å². The van der Waals surface area contributed by atoms with E-state index in [-0.39, 0.29) is 5.54 Å². The first-order valence-corrected chi connectivity index (χ1v) is 11.5. The topological polar surface area (TPSA) is 43.3 Å². The Morgan fingerprint density at radius 2 is 1.75 bits per heavy atom. The van der Waals surface area contributed by atoms with Crippen LogP contribution in [0.25, 0.3) is 0 Å². The van der Waals surface area contributed by atoms with Crippen LogP contribution in [-0.4, -0.2) is 97.8 Å². The standard InChI is InChI=1S/C22H43N5O/c1-6-23-21(26-8-7-20(16-26)25-9-11-28-12-10-25)24-17-22(4,5)27-14-18(2)13-19(3)15-27/h18-20H,6-17H2,1-5H3,(H,23,24). The fraction of sp³-hybridized carbons (Fsp3) is 0.955. The predicted octanol–water partition coefficient (Wildman–Crippen LogP) is 2.11. The first-order chi connectivity index (χ1) is 13.4. The Morgan fingerprint density at radius 3 is 2.39 bits per heavy atom. The summed E-state index contributed by atoms with van der Waals surface area (Å²) < 4.78 is 5.52. The maximum absolute atomic E-state index is 5.52. The van der Waals surface area contributed by atoms with E-state index >= 15 is 0 Å². The minimum absolute atomic E-state index is 0.104. The average Bonchev–Trinajstić information content (AvgIpc) is 3.15. The average molecular weight is 394 g/mol. The zero-order chi connectivity index (χ0) is 20.1. The summed E-state index contributed by atoms with van der Waals surface area (Å²) >= 11 is 0. The smallest absolute Gasteiger partial charge is 0.194 e. The van der Waals surface area contributed by atoms with E-state index in [1.165, 1.54) is 25.9 Å². The highest BCUT2D eigenvalue weighted by atomic mass is 16.5. The zero-order valence-electron chi connectivity index (χ0n) is 18.9. The summed E-state index contributed by atoms with van der Waals surface area (Å²) in [6.07, 6.45) is 2.59. The molecule has 3 fully saturated rings. The van der Waals surface area contributed by atoms with Crippen LogP contribution in [0.2, 0.25) is 0 Å². The third kappa shape index (κ3) is 5.61. The van der Waals surface area contributed by atoms with Gasteiger partial charge in [-0.3, -0.25) is 14.8 Å². The number of guanidine groups is 1. The molecule has 3 heterocycles. The summed E-state index contributed by atoms with van der Waals surface area (Å²) in [7, 11) is 0. The lowest BCUT2D eigenvalue weighted by Gasteiger charge is -2.44. The van der Waals surface area contributed by atoms with E-state index in [1.54, 1.807) is 0 Å². The number of morpholine rings is 1. The lowest BCUT2D eigenvalue weighted by molar-refractivity contribution is 0.0194. The molecule has 0 aromatic carbocycles. The second-order valence-electron chi connectivity index (χ2n) is 9.87. The van der Waals surface area contributed by atoms with Crippen LogP contribution in [0.15, 0.2) is 4.99 Å². The van der Waals surface area contributed by atoms with Crippen LogP contribution in [-0.2, 0) is 4.74 Å². The van der Waals surface area contributed by atoms with Crippen LogP contribution < -0.4 is 5.32 Å². The van der Waals surface area contributed by atoms with Gasteiger partial charge in [-0.2, -0.15) is 0 Å². The Labute approximate surface area is 172 Å². The van der Waals surface area contributed by atoms with Crippen molar-refractivity contribution in [3.05, 3.63) is 0 Å². The molecule has 162 valence electrons. The van der Waals surface area contributed by atoms with Gasteiger partial charge in [0.25, 0.3) is 0 Å². The SMILES string of the molecule is CCNC(=NCC(C)(C)N1CC(C)CC(C)C1)N1CCC(N2CCOCC2)C1. The van der Waals surface area contributed by atoms with Gasteiger partial charge in [0.1, 0.15) is 0 Å². The van der Waals surface area contributed by atoms with E-state index in [2.05, 4.69) is 54.6 Å². The molecule has 28 heavy (non-hydrogen) atoms. The van der Waals surface area contributed by atoms with Crippen LogP contribution in [0.3, 0.4) is 0 Å². The second-order valence-corrected chi connectivity index (χ2v) is 9.87. The van der Waals surface area contributed by atoms with Crippen LogP contribution >= 0.6 is 0 Å². The molecular weight excluding hydrogens is 350 g/mol. The molecule has 0 saturated carbocycles. The van der Waals surface area contributed by atoms with Gasteiger partial charge in [-0.1, -0.05) is 13.8 Å².